The molecule has 0 spiro atoms. The Bertz CT molecular complexity index is 329. The Hall–Kier alpha value is -0.920. The first-order valence-electron chi connectivity index (χ1n) is 9.98. The molecule has 0 unspecified atom stereocenters. The molecule has 0 rings (SSSR count). The second-order valence-electron chi connectivity index (χ2n) is 6.68. The van der Waals surface area contributed by atoms with Crippen LogP contribution in [0.1, 0.15) is 25.7 Å². The fourth-order valence-electron chi connectivity index (χ4n) is 2.36. The summed E-state index contributed by atoms with van der Waals surface area (Å²) in [5.41, 5.74) is 22.6. The van der Waals surface area contributed by atoms with Crippen LogP contribution in [0.15, 0.2) is 5.22 Å². The van der Waals surface area contributed by atoms with Crippen LogP contribution in [-0.4, -0.2) is 79.0 Å². The molecule has 9 N–H and O–H groups in total. The summed E-state index contributed by atoms with van der Waals surface area (Å²) in [5, 5.41) is 3.11. The first-order valence-corrected chi connectivity index (χ1v) is 9.98. The quantitative estimate of drug-likeness (QED) is 0.0565. The summed E-state index contributed by atoms with van der Waals surface area (Å²) < 4.78 is 23.4. The van der Waals surface area contributed by atoms with Crippen molar-refractivity contribution in [1.82, 2.24) is 10.9 Å². The minimum atomic E-state index is -0.410. The molecule has 0 bridgehead atoms. The van der Waals surface area contributed by atoms with Crippen LogP contribution in [0.5, 0.6) is 0 Å². The molecule has 11 heteroatoms. The molecule has 0 aromatic carbocycles. The third-order valence-electron chi connectivity index (χ3n) is 3.88. The van der Waals surface area contributed by atoms with E-state index in [-0.39, 0.29) is 0 Å². The van der Waals surface area contributed by atoms with Crippen LogP contribution in [0.2, 0.25) is 0 Å². The highest BCUT2D eigenvalue weighted by Crippen LogP contribution is 2.21. The van der Waals surface area contributed by atoms with Crippen LogP contribution >= 0.6 is 0 Å². The van der Waals surface area contributed by atoms with Gasteiger partial charge in [0, 0.05) is 39.5 Å². The Morgan fingerprint density at radius 2 is 1.14 bits per heavy atom. The molecule has 28 heavy (non-hydrogen) atoms. The van der Waals surface area contributed by atoms with Crippen molar-refractivity contribution >= 4 is 0 Å². The summed E-state index contributed by atoms with van der Waals surface area (Å²) >= 11 is 0. The maximum absolute atomic E-state index is 6.72. The molecule has 0 aromatic rings. The van der Waals surface area contributed by atoms with E-state index in [0.29, 0.717) is 79.0 Å². The molecular weight excluding hydrogens is 366 g/mol. The topological polar surface area (TPSA) is 175 Å². The van der Waals surface area contributed by atoms with Crippen molar-refractivity contribution < 1.29 is 18.9 Å². The van der Waals surface area contributed by atoms with Crippen LogP contribution in [0.3, 0.4) is 0 Å². The molecule has 0 amide bonds. The third kappa shape index (κ3) is 16.1. The molecule has 0 aliphatic heterocycles. The summed E-state index contributed by atoms with van der Waals surface area (Å²) in [7, 11) is 0. The van der Waals surface area contributed by atoms with Gasteiger partial charge < -0.3 is 30.4 Å². The minimum absolute atomic E-state index is 0.410. The Balaban J connectivity index is 4.65. The number of nitrogens with one attached hydrogen (secondary N) is 3. The third-order valence-corrected chi connectivity index (χ3v) is 3.88. The van der Waals surface area contributed by atoms with Gasteiger partial charge in [0.15, 0.2) is 0 Å². The van der Waals surface area contributed by atoms with E-state index in [0.717, 1.165) is 25.7 Å². The van der Waals surface area contributed by atoms with Gasteiger partial charge in [0.25, 0.3) is 0 Å². The van der Waals surface area contributed by atoms with Gasteiger partial charge >= 0.3 is 0 Å². The second-order valence-corrected chi connectivity index (χ2v) is 6.68. The molecule has 0 fully saturated rings. The standard InChI is InChI=1S/C17H41N7O4/c18-5-1-9-25-13-17(14-26-10-2-6-19,15-27-11-3-7-22-20)16-28-12-4-8-23-24-21/h22H,1-16,18-20H2,(H2,21,23). The highest BCUT2D eigenvalue weighted by Gasteiger charge is 2.32. The highest BCUT2D eigenvalue weighted by molar-refractivity contribution is 4.79. The molecule has 11 nitrogen and oxygen atoms in total. The van der Waals surface area contributed by atoms with Crippen LogP contribution in [0.4, 0.5) is 0 Å². The molecule has 0 aliphatic carbocycles. The summed E-state index contributed by atoms with van der Waals surface area (Å²) in [4.78, 5) is 0. The lowest BCUT2D eigenvalue weighted by Gasteiger charge is -2.33. The number of rotatable bonds is 23. The van der Waals surface area contributed by atoms with Gasteiger partial charge in [0.05, 0.1) is 31.8 Å². The van der Waals surface area contributed by atoms with Gasteiger partial charge in [-0.2, -0.15) is 5.53 Å². The van der Waals surface area contributed by atoms with E-state index in [2.05, 4.69) is 16.1 Å². The Morgan fingerprint density at radius 3 is 1.54 bits per heavy atom. The number of nitrogens with zero attached hydrogens (tertiary/aromatic N) is 1. The van der Waals surface area contributed by atoms with Gasteiger partial charge in [-0.1, -0.05) is 5.22 Å². The predicted molar refractivity (Wildman–Crippen MR) is 108 cm³/mol. The molecule has 0 heterocycles. The SMILES string of the molecule is N=NNCCCOCC(COCCCN)(COCCCN)COCCCNN. The summed E-state index contributed by atoms with van der Waals surface area (Å²) in [6.07, 6.45) is 3.17. The lowest BCUT2D eigenvalue weighted by atomic mass is 9.92. The average molecular weight is 408 g/mol. The molecular formula is C17H41N7O4. The number of hydrogen-bond donors (Lipinski definition) is 6. The van der Waals surface area contributed by atoms with E-state index in [1.165, 1.54) is 0 Å². The van der Waals surface area contributed by atoms with Crippen LogP contribution < -0.4 is 28.2 Å². The van der Waals surface area contributed by atoms with Crippen molar-refractivity contribution in [2.75, 3.05) is 79.0 Å². The molecule has 0 saturated carbocycles. The summed E-state index contributed by atoms with van der Waals surface area (Å²) in [6, 6.07) is 0. The first kappa shape index (κ1) is 27.1. The fraction of sp³-hybridized carbons (Fsp3) is 1.00. The molecule has 0 saturated heterocycles. The summed E-state index contributed by atoms with van der Waals surface area (Å²) in [5.74, 6) is 5.29. The maximum atomic E-state index is 6.72. The monoisotopic (exact) mass is 407 g/mol. The van der Waals surface area contributed by atoms with E-state index in [9.17, 15) is 0 Å². The molecule has 0 radical (unpaired) electrons. The zero-order valence-corrected chi connectivity index (χ0v) is 17.1. The van der Waals surface area contributed by atoms with Crippen molar-refractivity contribution in [3.63, 3.8) is 0 Å². The number of nitrogens with two attached hydrogens (primary N) is 3. The van der Waals surface area contributed by atoms with Crippen LogP contribution in [0, 0.1) is 10.9 Å². The van der Waals surface area contributed by atoms with Gasteiger partial charge in [-0.25, -0.2) is 0 Å². The lowest BCUT2D eigenvalue weighted by Crippen LogP contribution is -2.42. The van der Waals surface area contributed by atoms with E-state index >= 15 is 0 Å². The first-order chi connectivity index (χ1) is 13.7. The predicted octanol–water partition coefficient (Wildman–Crippen LogP) is -0.484. The zero-order chi connectivity index (χ0) is 20.8. The van der Waals surface area contributed by atoms with Gasteiger partial charge in [0.2, 0.25) is 0 Å². The highest BCUT2D eigenvalue weighted by atomic mass is 16.5. The Labute approximate surface area is 168 Å². The van der Waals surface area contributed by atoms with Gasteiger partial charge in [-0.15, -0.1) is 0 Å². The smallest absolute Gasteiger partial charge is 0.0637 e. The van der Waals surface area contributed by atoms with Crippen molar-refractivity contribution in [3.05, 3.63) is 0 Å². The average Bonchev–Trinajstić information content (AvgIpc) is 2.71. The molecule has 0 aromatic heterocycles. The molecule has 0 aliphatic rings. The number of hydrazine groups is 1. The largest absolute Gasteiger partial charge is 0.381 e. The maximum Gasteiger partial charge on any atom is 0.0637 e. The van der Waals surface area contributed by atoms with Crippen molar-refractivity contribution in [1.29, 1.82) is 5.53 Å². The minimum Gasteiger partial charge on any atom is -0.381 e. The van der Waals surface area contributed by atoms with E-state index in [4.69, 9.17) is 41.8 Å². The Morgan fingerprint density at radius 1 is 0.714 bits per heavy atom. The molecule has 168 valence electrons. The number of ether oxygens (including phenoxy) is 4. The normalized spacial score (nSPS) is 11.7. The summed E-state index contributed by atoms with van der Waals surface area (Å²) in [6.45, 7) is 6.63. The number of hydrogen-bond acceptors (Lipinski definition) is 10. The van der Waals surface area contributed by atoms with Crippen molar-refractivity contribution in [2.24, 2.45) is 27.9 Å². The lowest BCUT2D eigenvalue weighted by molar-refractivity contribution is -0.107. The van der Waals surface area contributed by atoms with Crippen molar-refractivity contribution in [2.45, 2.75) is 25.7 Å². The van der Waals surface area contributed by atoms with Gasteiger partial charge in [-0.05, 0) is 38.8 Å². The van der Waals surface area contributed by atoms with Crippen LogP contribution in [-0.2, 0) is 18.9 Å². The fourth-order valence-corrected chi connectivity index (χ4v) is 2.36. The second kappa shape index (κ2) is 20.8. The van der Waals surface area contributed by atoms with Gasteiger partial charge in [-0.3, -0.25) is 16.7 Å². The van der Waals surface area contributed by atoms with E-state index < -0.39 is 5.41 Å². The van der Waals surface area contributed by atoms with Crippen LogP contribution in [0.25, 0.3) is 0 Å². The van der Waals surface area contributed by atoms with E-state index in [1.54, 1.807) is 0 Å². The zero-order valence-electron chi connectivity index (χ0n) is 17.1. The van der Waals surface area contributed by atoms with Gasteiger partial charge in [0.1, 0.15) is 0 Å². The van der Waals surface area contributed by atoms with E-state index in [1.807, 2.05) is 0 Å². The van der Waals surface area contributed by atoms with Crippen molar-refractivity contribution in [3.8, 4) is 0 Å². The Kier molecular flexibility index (Phi) is 20.1. The molecule has 0 atom stereocenters.